The first-order valence-electron chi connectivity index (χ1n) is 5.57. The first-order valence-corrected chi connectivity index (χ1v) is 6.96. The van der Waals surface area contributed by atoms with Gasteiger partial charge in [0.15, 0.2) is 5.69 Å². The molecule has 0 spiro atoms. The van der Waals surface area contributed by atoms with Crippen LogP contribution in [-0.2, 0) is 0 Å². The summed E-state index contributed by atoms with van der Waals surface area (Å²) in [4.78, 5) is 13.7. The number of nitrogens with one attached hydrogen (secondary N) is 1. The number of thioether (sulfide) groups is 1. The molecule has 5 nitrogen and oxygen atoms in total. The average Bonchev–Trinajstić information content (AvgIpc) is 2.67. The average molecular weight is 256 g/mol. The number of nitrogens with zero attached hydrogens (tertiary/aromatic N) is 2. The van der Waals surface area contributed by atoms with Crippen LogP contribution < -0.4 is 5.73 Å². The molecule has 3 N–H and O–H groups in total. The van der Waals surface area contributed by atoms with Crippen molar-refractivity contribution < 1.29 is 4.79 Å². The predicted octanol–water partition coefficient (Wildman–Crippen LogP) is 1.55. The summed E-state index contributed by atoms with van der Waals surface area (Å²) in [6.45, 7) is 4.72. The smallest absolute Gasteiger partial charge is 0.276 e. The van der Waals surface area contributed by atoms with E-state index in [1.165, 1.54) is 0 Å². The molecule has 0 fully saturated rings. The number of carbonyl (C=O) groups excluding carboxylic acids is 1. The van der Waals surface area contributed by atoms with Crippen molar-refractivity contribution in [2.75, 3.05) is 31.3 Å². The fourth-order valence-corrected chi connectivity index (χ4v) is 1.93. The van der Waals surface area contributed by atoms with Crippen molar-refractivity contribution in [3.8, 4) is 0 Å². The van der Waals surface area contributed by atoms with Gasteiger partial charge in [-0.1, -0.05) is 13.8 Å². The third-order valence-corrected chi connectivity index (χ3v) is 3.18. The Balaban J connectivity index is 2.82. The standard InChI is InChI=1S/C11H20N4OS/c1-7(2)9-8(12)10(14-13-9)11(16)15(3)5-6-17-4/h7H,5-6,12H2,1-4H3,(H,13,14). The van der Waals surface area contributed by atoms with Crippen LogP contribution in [0.4, 0.5) is 5.69 Å². The Kier molecular flexibility index (Phi) is 4.86. The van der Waals surface area contributed by atoms with E-state index in [-0.39, 0.29) is 11.8 Å². The molecule has 1 amide bonds. The molecule has 1 heterocycles. The number of hydrogen-bond donors (Lipinski definition) is 2. The Bertz CT molecular complexity index is 389. The van der Waals surface area contributed by atoms with Crippen molar-refractivity contribution in [2.24, 2.45) is 0 Å². The maximum Gasteiger partial charge on any atom is 0.276 e. The molecule has 1 aromatic heterocycles. The molecule has 0 aromatic carbocycles. The zero-order chi connectivity index (χ0) is 13.0. The molecule has 1 aromatic rings. The van der Waals surface area contributed by atoms with Crippen LogP contribution in [0, 0.1) is 0 Å². The molecule has 0 saturated carbocycles. The minimum absolute atomic E-state index is 0.125. The van der Waals surface area contributed by atoms with Crippen LogP contribution in [0.3, 0.4) is 0 Å². The van der Waals surface area contributed by atoms with Gasteiger partial charge in [-0.2, -0.15) is 16.9 Å². The Morgan fingerprint density at radius 2 is 2.24 bits per heavy atom. The van der Waals surface area contributed by atoms with Crippen LogP contribution in [0.15, 0.2) is 0 Å². The number of anilines is 1. The Morgan fingerprint density at radius 1 is 1.59 bits per heavy atom. The second-order valence-corrected chi connectivity index (χ2v) is 5.26. The molecule has 0 unspecified atom stereocenters. The molecule has 0 atom stereocenters. The van der Waals surface area contributed by atoms with Gasteiger partial charge in [0.25, 0.3) is 5.91 Å². The largest absolute Gasteiger partial charge is 0.395 e. The van der Waals surface area contributed by atoms with E-state index < -0.39 is 0 Å². The van der Waals surface area contributed by atoms with Crippen LogP contribution >= 0.6 is 11.8 Å². The second-order valence-electron chi connectivity index (χ2n) is 4.27. The van der Waals surface area contributed by atoms with E-state index in [9.17, 15) is 4.79 Å². The summed E-state index contributed by atoms with van der Waals surface area (Å²) in [7, 11) is 1.77. The highest BCUT2D eigenvalue weighted by Gasteiger charge is 2.21. The quantitative estimate of drug-likeness (QED) is 0.838. The summed E-state index contributed by atoms with van der Waals surface area (Å²) in [5, 5.41) is 6.86. The summed E-state index contributed by atoms with van der Waals surface area (Å²) in [6.07, 6.45) is 2.01. The number of aromatic amines is 1. The molecule has 0 radical (unpaired) electrons. The number of hydrogen-bond acceptors (Lipinski definition) is 4. The lowest BCUT2D eigenvalue weighted by molar-refractivity contribution is 0.0799. The molecular formula is C11H20N4OS. The van der Waals surface area contributed by atoms with Gasteiger partial charge in [0, 0.05) is 19.3 Å². The normalized spacial score (nSPS) is 10.9. The van der Waals surface area contributed by atoms with Crippen LogP contribution in [0.5, 0.6) is 0 Å². The number of amides is 1. The first-order chi connectivity index (χ1) is 7.99. The maximum atomic E-state index is 12.1. The van der Waals surface area contributed by atoms with Gasteiger partial charge in [-0.3, -0.25) is 9.89 Å². The molecule has 0 aliphatic rings. The van der Waals surface area contributed by atoms with Crippen LogP contribution in [0.25, 0.3) is 0 Å². The number of nitrogen functional groups attached to an aromatic ring is 1. The third-order valence-electron chi connectivity index (χ3n) is 2.59. The molecule has 0 bridgehead atoms. The topological polar surface area (TPSA) is 75.0 Å². The fourth-order valence-electron chi connectivity index (χ4n) is 1.48. The lowest BCUT2D eigenvalue weighted by atomic mass is 10.1. The number of aromatic nitrogens is 2. The summed E-state index contributed by atoms with van der Waals surface area (Å²) < 4.78 is 0. The Hall–Kier alpha value is -1.17. The van der Waals surface area contributed by atoms with Crippen molar-refractivity contribution in [1.29, 1.82) is 0 Å². The number of nitrogens with two attached hydrogens (primary N) is 1. The Labute approximate surface area is 106 Å². The van der Waals surface area contributed by atoms with Crippen LogP contribution in [0.2, 0.25) is 0 Å². The van der Waals surface area contributed by atoms with Gasteiger partial charge >= 0.3 is 0 Å². The minimum atomic E-state index is -0.125. The number of rotatable bonds is 5. The van der Waals surface area contributed by atoms with Gasteiger partial charge in [-0.25, -0.2) is 0 Å². The number of carbonyl (C=O) groups is 1. The SMILES string of the molecule is CSCCN(C)C(=O)c1n[nH]c(C(C)C)c1N. The molecule has 0 saturated heterocycles. The third kappa shape index (κ3) is 3.15. The van der Waals surface area contributed by atoms with E-state index >= 15 is 0 Å². The maximum absolute atomic E-state index is 12.1. The molecule has 0 aliphatic heterocycles. The van der Waals surface area contributed by atoms with Gasteiger partial charge in [0.05, 0.1) is 11.4 Å². The van der Waals surface area contributed by atoms with Gasteiger partial charge in [-0.15, -0.1) is 0 Å². The Morgan fingerprint density at radius 3 is 2.71 bits per heavy atom. The molecule has 1 rings (SSSR count). The lowest BCUT2D eigenvalue weighted by Crippen LogP contribution is -2.29. The number of H-pyrrole nitrogens is 1. The van der Waals surface area contributed by atoms with Gasteiger partial charge in [0.1, 0.15) is 0 Å². The summed E-state index contributed by atoms with van der Waals surface area (Å²) >= 11 is 1.70. The summed E-state index contributed by atoms with van der Waals surface area (Å²) in [5.74, 6) is 1.02. The summed E-state index contributed by atoms with van der Waals surface area (Å²) in [6, 6.07) is 0. The van der Waals surface area contributed by atoms with Crippen LogP contribution in [-0.4, -0.2) is 46.6 Å². The first kappa shape index (κ1) is 13.9. The monoisotopic (exact) mass is 256 g/mol. The van der Waals surface area contributed by atoms with Crippen molar-refractivity contribution in [2.45, 2.75) is 19.8 Å². The highest BCUT2D eigenvalue weighted by Crippen LogP contribution is 2.22. The molecule has 96 valence electrons. The van der Waals surface area contributed by atoms with Crippen molar-refractivity contribution >= 4 is 23.4 Å². The molecule has 17 heavy (non-hydrogen) atoms. The zero-order valence-corrected chi connectivity index (χ0v) is 11.6. The van der Waals surface area contributed by atoms with E-state index in [2.05, 4.69) is 10.2 Å². The van der Waals surface area contributed by atoms with Crippen molar-refractivity contribution in [3.63, 3.8) is 0 Å². The summed E-state index contributed by atoms with van der Waals surface area (Å²) in [5.41, 5.74) is 7.55. The fraction of sp³-hybridized carbons (Fsp3) is 0.636. The van der Waals surface area contributed by atoms with E-state index in [0.29, 0.717) is 17.9 Å². The van der Waals surface area contributed by atoms with Crippen molar-refractivity contribution in [3.05, 3.63) is 11.4 Å². The molecule has 6 heteroatoms. The van der Waals surface area contributed by atoms with Gasteiger partial charge in [-0.05, 0) is 12.2 Å². The molecule has 0 aliphatic carbocycles. The lowest BCUT2D eigenvalue weighted by Gasteiger charge is -2.15. The van der Waals surface area contributed by atoms with E-state index in [0.717, 1.165) is 11.4 Å². The minimum Gasteiger partial charge on any atom is -0.395 e. The predicted molar refractivity (Wildman–Crippen MR) is 72.4 cm³/mol. The second kappa shape index (κ2) is 5.95. The highest BCUT2D eigenvalue weighted by atomic mass is 32.2. The van der Waals surface area contributed by atoms with Gasteiger partial charge < -0.3 is 10.6 Å². The van der Waals surface area contributed by atoms with Crippen molar-refractivity contribution in [1.82, 2.24) is 15.1 Å². The highest BCUT2D eigenvalue weighted by molar-refractivity contribution is 7.98. The van der Waals surface area contributed by atoms with E-state index in [1.807, 2.05) is 20.1 Å². The zero-order valence-electron chi connectivity index (χ0n) is 10.8. The van der Waals surface area contributed by atoms with E-state index in [1.54, 1.807) is 23.7 Å². The van der Waals surface area contributed by atoms with Gasteiger partial charge in [0.2, 0.25) is 0 Å². The molecular weight excluding hydrogens is 236 g/mol. The van der Waals surface area contributed by atoms with E-state index in [4.69, 9.17) is 5.73 Å². The van der Waals surface area contributed by atoms with Crippen LogP contribution in [0.1, 0.15) is 35.9 Å².